The number of nitrogens with zero attached hydrogens (tertiary/aromatic N) is 3. The maximum Gasteiger partial charge on any atom is 0.215 e. The molecule has 2 N–H and O–H groups in total. The van der Waals surface area contributed by atoms with Crippen molar-refractivity contribution < 1.29 is 97.1 Å². The number of carbonyl (C=O) groups excluding carboxylic acids is 1. The number of methoxy groups -OCH3 is 12. The van der Waals surface area contributed by atoms with E-state index in [-0.39, 0.29) is 87.6 Å². The number of carbonyl (C=O) groups is 1. The van der Waals surface area contributed by atoms with Gasteiger partial charge in [0, 0.05) is 115 Å². The first-order chi connectivity index (χ1) is 48.0. The third kappa shape index (κ3) is 23.4. The number of benzene rings is 6. The molecule has 2 fully saturated rings. The summed E-state index contributed by atoms with van der Waals surface area (Å²) in [7, 11) is 7.36. The van der Waals surface area contributed by atoms with Crippen LogP contribution in [0.2, 0.25) is 0 Å². The van der Waals surface area contributed by atoms with Gasteiger partial charge in [0.15, 0.2) is 0 Å². The van der Waals surface area contributed by atoms with Gasteiger partial charge in [0.05, 0.1) is 115 Å². The van der Waals surface area contributed by atoms with Crippen LogP contribution >= 0.6 is 0 Å². The normalized spacial score (nSPS) is 14.1. The standard InChI is InChI=1S/2C26H37NO7S.C21H27NO7S/c2*1-31-22-11-9-20(25(15-22)33-3)17-27(18-21-10-12-23(32-2)16-26(21)34-4)35(29,30)14-13-24(28)19-7-5-6-8-19;1-26-18-8-6-16(20(12-18)28-3)14-22(30(24,25)11-5-10-23)15-17-7-9-19(27-2)13-21(17)29-4/h2*9-12,15-16,19,24,28H,5-8,13-14,17-18H2,1-4H3;6-10,12-13H,5,11,14-15H2,1-4H3/t2*24-;/m10./s1. The molecule has 0 spiro atoms. The quantitative estimate of drug-likeness (QED) is 0.0341. The topological polar surface area (TPSA) is 280 Å². The molecule has 0 heterocycles. The summed E-state index contributed by atoms with van der Waals surface area (Å²) in [5, 5.41) is 21.2. The molecule has 0 aliphatic heterocycles. The van der Waals surface area contributed by atoms with Crippen LogP contribution in [0.15, 0.2) is 109 Å². The average molecular weight is 1450 g/mol. The van der Waals surface area contributed by atoms with Gasteiger partial charge in [0.1, 0.15) is 75.3 Å². The molecule has 0 saturated heterocycles. The predicted molar refractivity (Wildman–Crippen MR) is 382 cm³/mol. The molecule has 6 aromatic rings. The van der Waals surface area contributed by atoms with Crippen molar-refractivity contribution in [3.05, 3.63) is 143 Å². The van der Waals surface area contributed by atoms with Crippen molar-refractivity contribution in [2.45, 2.75) is 122 Å². The summed E-state index contributed by atoms with van der Waals surface area (Å²) in [6.07, 6.45) is 7.90. The first-order valence-electron chi connectivity index (χ1n) is 33.0. The number of aliphatic hydroxyl groups excluding tert-OH is 2. The van der Waals surface area contributed by atoms with Crippen LogP contribution in [0.25, 0.3) is 0 Å². The Bertz CT molecular complexity index is 3540. The molecule has 0 aromatic heterocycles. The fraction of sp³-hybridized carbons (Fsp3) is 0.493. The molecular weight excluding hydrogens is 1350 g/mol. The lowest BCUT2D eigenvalue weighted by Gasteiger charge is -2.26. The van der Waals surface area contributed by atoms with Crippen LogP contribution in [-0.4, -0.2) is 169 Å². The van der Waals surface area contributed by atoms with Crippen LogP contribution in [0, 0.1) is 11.8 Å². The highest BCUT2D eigenvalue weighted by atomic mass is 32.2. The molecule has 6 aromatic carbocycles. The zero-order chi connectivity index (χ0) is 73.0. The number of rotatable bonds is 38. The lowest BCUT2D eigenvalue weighted by Crippen LogP contribution is -2.34. The van der Waals surface area contributed by atoms with Crippen molar-refractivity contribution in [3.8, 4) is 69.0 Å². The molecule has 0 radical (unpaired) electrons. The molecule has 0 amide bonds. The first-order valence-corrected chi connectivity index (χ1v) is 37.8. The largest absolute Gasteiger partial charge is 0.497 e. The Hall–Kier alpha value is -7.76. The Morgan fingerprint density at radius 2 is 0.540 bits per heavy atom. The number of aliphatic hydroxyl groups is 2. The number of sulfonamides is 3. The van der Waals surface area contributed by atoms with Gasteiger partial charge in [-0.05, 0) is 86.8 Å². The lowest BCUT2D eigenvalue weighted by atomic mass is 9.99. The summed E-state index contributed by atoms with van der Waals surface area (Å²) in [6.45, 7) is 0.524. The van der Waals surface area contributed by atoms with Gasteiger partial charge >= 0.3 is 0 Å². The Balaban J connectivity index is 0.000000237. The van der Waals surface area contributed by atoms with E-state index in [0.717, 1.165) is 51.4 Å². The van der Waals surface area contributed by atoms with Crippen molar-refractivity contribution >= 4 is 36.4 Å². The lowest BCUT2D eigenvalue weighted by molar-refractivity contribution is -0.107. The van der Waals surface area contributed by atoms with E-state index in [1.807, 2.05) is 0 Å². The monoisotopic (exact) mass is 1450 g/mol. The Morgan fingerprint density at radius 1 is 0.340 bits per heavy atom. The summed E-state index contributed by atoms with van der Waals surface area (Å²) in [5.74, 6) is 6.66. The molecule has 100 heavy (non-hydrogen) atoms. The molecule has 0 bridgehead atoms. The second-order valence-corrected chi connectivity index (χ2v) is 30.3. The molecular formula is C73H101N3O21S3. The van der Waals surface area contributed by atoms with Crippen LogP contribution in [0.5, 0.6) is 69.0 Å². The third-order valence-electron chi connectivity index (χ3n) is 18.0. The molecule has 24 nitrogen and oxygen atoms in total. The second kappa shape index (κ2) is 40.0. The molecule has 8 rings (SSSR count). The van der Waals surface area contributed by atoms with Gasteiger partial charge in [-0.3, -0.25) is 0 Å². The number of hydrogen-bond acceptors (Lipinski definition) is 21. The second-order valence-electron chi connectivity index (χ2n) is 24.1. The van der Waals surface area contributed by atoms with E-state index in [2.05, 4.69) is 0 Å². The minimum atomic E-state index is -3.73. The van der Waals surface area contributed by atoms with E-state index in [9.17, 15) is 40.3 Å². The van der Waals surface area contributed by atoms with Crippen molar-refractivity contribution in [2.75, 3.05) is 103 Å². The smallest absolute Gasteiger partial charge is 0.215 e. The highest BCUT2D eigenvalue weighted by Crippen LogP contribution is 2.37. The Kier molecular flexibility index (Phi) is 32.5. The summed E-state index contributed by atoms with van der Waals surface area (Å²) >= 11 is 0. The zero-order valence-electron chi connectivity index (χ0n) is 59.6. The predicted octanol–water partition coefficient (Wildman–Crippen LogP) is 10.6. The Labute approximate surface area is 591 Å². The minimum Gasteiger partial charge on any atom is -0.497 e. The SMILES string of the molecule is COc1ccc(CN(Cc2ccc(OC)cc2OC)S(=O)(=O)CCC=O)c(OC)c1.COc1ccc(CN(Cc2ccc(OC)cc2OC)S(=O)(=O)CC[C@@H](O)C2CCCC2)c(OC)c1.COc1ccc(CN(Cc2ccc(OC)cc2OC)S(=O)(=O)CC[C@H](O)C2CCCC2)c(OC)c1. The van der Waals surface area contributed by atoms with Gasteiger partial charge in [0.2, 0.25) is 30.1 Å². The fourth-order valence-electron chi connectivity index (χ4n) is 12.1. The summed E-state index contributed by atoms with van der Waals surface area (Å²) in [6, 6.07) is 31.6. The van der Waals surface area contributed by atoms with Crippen LogP contribution in [0.4, 0.5) is 0 Å². The van der Waals surface area contributed by atoms with Crippen molar-refractivity contribution in [3.63, 3.8) is 0 Å². The molecule has 2 saturated carbocycles. The van der Waals surface area contributed by atoms with E-state index < -0.39 is 42.3 Å². The van der Waals surface area contributed by atoms with E-state index in [4.69, 9.17) is 56.8 Å². The van der Waals surface area contributed by atoms with E-state index in [1.54, 1.807) is 180 Å². The maximum absolute atomic E-state index is 13.6. The van der Waals surface area contributed by atoms with E-state index in [0.29, 0.717) is 109 Å². The first kappa shape index (κ1) is 81.2. The molecule has 2 atom stereocenters. The summed E-state index contributed by atoms with van der Waals surface area (Å²) in [4.78, 5) is 10.8. The van der Waals surface area contributed by atoms with Crippen LogP contribution in [0.1, 0.15) is 104 Å². The number of hydrogen-bond donors (Lipinski definition) is 2. The van der Waals surface area contributed by atoms with Gasteiger partial charge in [-0.25, -0.2) is 25.3 Å². The van der Waals surface area contributed by atoms with Gasteiger partial charge in [-0.1, -0.05) is 62.1 Å². The maximum atomic E-state index is 13.6. The van der Waals surface area contributed by atoms with E-state index >= 15 is 0 Å². The molecule has 27 heteroatoms. The zero-order valence-corrected chi connectivity index (χ0v) is 62.1. The average Bonchev–Trinajstić information content (AvgIpc) is 1.04. The highest BCUT2D eigenvalue weighted by molar-refractivity contribution is 7.89. The van der Waals surface area contributed by atoms with Crippen LogP contribution in [-0.2, 0) is 74.1 Å². The van der Waals surface area contributed by atoms with Crippen LogP contribution in [0.3, 0.4) is 0 Å². The molecule has 552 valence electrons. The molecule has 2 aliphatic rings. The van der Waals surface area contributed by atoms with Gasteiger partial charge in [0.25, 0.3) is 0 Å². The van der Waals surface area contributed by atoms with Crippen molar-refractivity contribution in [2.24, 2.45) is 11.8 Å². The third-order valence-corrected chi connectivity index (χ3v) is 23.3. The van der Waals surface area contributed by atoms with Gasteiger partial charge in [-0.15, -0.1) is 0 Å². The molecule has 2 aliphatic carbocycles. The summed E-state index contributed by atoms with van der Waals surface area (Å²) < 4.78 is 149. The Morgan fingerprint density at radius 3 is 0.720 bits per heavy atom. The molecule has 0 unspecified atom stereocenters. The van der Waals surface area contributed by atoms with Gasteiger partial charge < -0.3 is 71.8 Å². The van der Waals surface area contributed by atoms with Crippen molar-refractivity contribution in [1.82, 2.24) is 12.9 Å². The number of ether oxygens (including phenoxy) is 12. The van der Waals surface area contributed by atoms with Crippen molar-refractivity contribution in [1.29, 1.82) is 0 Å². The highest BCUT2D eigenvalue weighted by Gasteiger charge is 2.32. The minimum absolute atomic E-state index is 0.0591. The summed E-state index contributed by atoms with van der Waals surface area (Å²) in [5.41, 5.74) is 4.17. The van der Waals surface area contributed by atoms with E-state index in [1.165, 1.54) is 27.1 Å². The fourth-order valence-corrected chi connectivity index (χ4v) is 16.3. The number of aldehydes is 1. The van der Waals surface area contributed by atoms with Gasteiger partial charge in [-0.2, -0.15) is 12.9 Å². The van der Waals surface area contributed by atoms with Crippen LogP contribution < -0.4 is 56.8 Å².